The van der Waals surface area contributed by atoms with Crippen LogP contribution in [0.25, 0.3) is 0 Å². The zero-order valence-corrected chi connectivity index (χ0v) is 11.7. The van der Waals surface area contributed by atoms with E-state index in [1.54, 1.807) is 0 Å². The molecule has 0 aromatic carbocycles. The van der Waals surface area contributed by atoms with Crippen LogP contribution in [-0.4, -0.2) is 38.4 Å². The number of nitrogens with one attached hydrogen (secondary N) is 1. The summed E-state index contributed by atoms with van der Waals surface area (Å²) in [7, 11) is 1.42. The Bertz CT molecular complexity index is 209. The van der Waals surface area contributed by atoms with Gasteiger partial charge in [0.05, 0.1) is 7.11 Å². The minimum atomic E-state index is -0.628. The topological polar surface area (TPSA) is 47.6 Å². The van der Waals surface area contributed by atoms with Gasteiger partial charge in [0, 0.05) is 13.2 Å². The van der Waals surface area contributed by atoms with Crippen LogP contribution in [0, 0.1) is 0 Å². The normalized spacial score (nSPS) is 14.4. The third-order valence-electron chi connectivity index (χ3n) is 2.79. The Hall–Kier alpha value is -0.610. The SMILES string of the molecule is CCCCOCCC(C)(NCCC)C(=O)OC. The number of methoxy groups -OCH3 is 1. The molecule has 0 saturated carbocycles. The summed E-state index contributed by atoms with van der Waals surface area (Å²) in [4.78, 5) is 11.7. The number of carbonyl (C=O) groups is 1. The Morgan fingerprint density at radius 1 is 1.24 bits per heavy atom. The molecular formula is C13H27NO3. The highest BCUT2D eigenvalue weighted by atomic mass is 16.5. The molecule has 4 nitrogen and oxygen atoms in total. The molecule has 102 valence electrons. The summed E-state index contributed by atoms with van der Waals surface area (Å²) in [6.45, 7) is 8.23. The summed E-state index contributed by atoms with van der Waals surface area (Å²) in [6.07, 6.45) is 3.83. The first-order chi connectivity index (χ1) is 8.10. The van der Waals surface area contributed by atoms with Crippen molar-refractivity contribution in [2.45, 2.75) is 52.0 Å². The number of ether oxygens (including phenoxy) is 2. The van der Waals surface area contributed by atoms with Crippen LogP contribution >= 0.6 is 0 Å². The zero-order valence-electron chi connectivity index (χ0n) is 11.7. The monoisotopic (exact) mass is 245 g/mol. The van der Waals surface area contributed by atoms with E-state index in [9.17, 15) is 4.79 Å². The van der Waals surface area contributed by atoms with Crippen molar-refractivity contribution in [1.29, 1.82) is 0 Å². The standard InChI is InChI=1S/C13H27NO3/c1-5-7-10-17-11-8-13(3,12(15)16-4)14-9-6-2/h14H,5-11H2,1-4H3. The van der Waals surface area contributed by atoms with E-state index in [0.717, 1.165) is 32.4 Å². The molecule has 0 saturated heterocycles. The molecule has 1 atom stereocenters. The van der Waals surface area contributed by atoms with E-state index >= 15 is 0 Å². The first-order valence-electron chi connectivity index (χ1n) is 6.52. The molecule has 0 bridgehead atoms. The lowest BCUT2D eigenvalue weighted by Gasteiger charge is -2.27. The fourth-order valence-electron chi connectivity index (χ4n) is 1.51. The van der Waals surface area contributed by atoms with Gasteiger partial charge in [-0.2, -0.15) is 0 Å². The molecular weight excluding hydrogens is 218 g/mol. The number of hydrogen-bond donors (Lipinski definition) is 1. The van der Waals surface area contributed by atoms with Crippen LogP contribution in [0.15, 0.2) is 0 Å². The lowest BCUT2D eigenvalue weighted by Crippen LogP contribution is -2.51. The van der Waals surface area contributed by atoms with Gasteiger partial charge in [0.25, 0.3) is 0 Å². The van der Waals surface area contributed by atoms with E-state index in [4.69, 9.17) is 9.47 Å². The molecule has 4 heteroatoms. The second-order valence-electron chi connectivity index (χ2n) is 4.47. The highest BCUT2D eigenvalue weighted by Gasteiger charge is 2.33. The average Bonchev–Trinajstić information content (AvgIpc) is 2.35. The molecule has 0 heterocycles. The number of unbranched alkanes of at least 4 members (excludes halogenated alkanes) is 1. The first kappa shape index (κ1) is 16.4. The predicted molar refractivity (Wildman–Crippen MR) is 69.1 cm³/mol. The van der Waals surface area contributed by atoms with E-state index in [2.05, 4.69) is 19.2 Å². The molecule has 0 aliphatic rings. The van der Waals surface area contributed by atoms with E-state index in [1.807, 2.05) is 6.92 Å². The summed E-state index contributed by atoms with van der Waals surface area (Å²) in [5.74, 6) is -0.218. The molecule has 0 fully saturated rings. The molecule has 0 rings (SSSR count). The zero-order chi connectivity index (χ0) is 13.1. The van der Waals surface area contributed by atoms with E-state index in [0.29, 0.717) is 13.0 Å². The minimum absolute atomic E-state index is 0.218. The van der Waals surface area contributed by atoms with Crippen LogP contribution in [0.2, 0.25) is 0 Å². The second kappa shape index (κ2) is 9.42. The summed E-state index contributed by atoms with van der Waals surface area (Å²) in [6, 6.07) is 0. The minimum Gasteiger partial charge on any atom is -0.468 e. The van der Waals surface area contributed by atoms with Gasteiger partial charge in [-0.25, -0.2) is 0 Å². The Kier molecular flexibility index (Phi) is 9.09. The summed E-state index contributed by atoms with van der Waals surface area (Å²) in [5, 5.41) is 3.23. The highest BCUT2D eigenvalue weighted by Crippen LogP contribution is 2.12. The van der Waals surface area contributed by atoms with Crippen LogP contribution in [0.4, 0.5) is 0 Å². The van der Waals surface area contributed by atoms with Crippen molar-refractivity contribution in [2.75, 3.05) is 26.9 Å². The maximum Gasteiger partial charge on any atom is 0.325 e. The second-order valence-corrected chi connectivity index (χ2v) is 4.47. The molecule has 0 radical (unpaired) electrons. The van der Waals surface area contributed by atoms with Crippen LogP contribution < -0.4 is 5.32 Å². The molecule has 1 N–H and O–H groups in total. The molecule has 0 aromatic rings. The molecule has 0 aliphatic heterocycles. The molecule has 0 aliphatic carbocycles. The van der Waals surface area contributed by atoms with Crippen molar-refractivity contribution >= 4 is 5.97 Å². The van der Waals surface area contributed by atoms with Gasteiger partial charge in [-0.05, 0) is 32.7 Å². The van der Waals surface area contributed by atoms with Gasteiger partial charge in [0.2, 0.25) is 0 Å². The van der Waals surface area contributed by atoms with Gasteiger partial charge in [-0.1, -0.05) is 20.3 Å². The van der Waals surface area contributed by atoms with Gasteiger partial charge in [0.15, 0.2) is 0 Å². The van der Waals surface area contributed by atoms with Crippen LogP contribution in [0.3, 0.4) is 0 Å². The van der Waals surface area contributed by atoms with E-state index in [1.165, 1.54) is 7.11 Å². The van der Waals surface area contributed by atoms with Crippen molar-refractivity contribution < 1.29 is 14.3 Å². The number of carbonyl (C=O) groups excluding carboxylic acids is 1. The number of hydrogen-bond acceptors (Lipinski definition) is 4. The van der Waals surface area contributed by atoms with E-state index < -0.39 is 5.54 Å². The largest absolute Gasteiger partial charge is 0.468 e. The van der Waals surface area contributed by atoms with Crippen molar-refractivity contribution in [1.82, 2.24) is 5.32 Å². The molecule has 0 aromatic heterocycles. The van der Waals surface area contributed by atoms with Gasteiger partial charge in [-0.15, -0.1) is 0 Å². The van der Waals surface area contributed by atoms with Crippen molar-refractivity contribution in [3.8, 4) is 0 Å². The van der Waals surface area contributed by atoms with Crippen LogP contribution in [-0.2, 0) is 14.3 Å². The Balaban J connectivity index is 4.05. The van der Waals surface area contributed by atoms with Crippen molar-refractivity contribution in [3.63, 3.8) is 0 Å². The molecule has 0 amide bonds. The van der Waals surface area contributed by atoms with Crippen LogP contribution in [0.1, 0.15) is 46.5 Å². The van der Waals surface area contributed by atoms with Gasteiger partial charge >= 0.3 is 5.97 Å². The molecule has 17 heavy (non-hydrogen) atoms. The average molecular weight is 245 g/mol. The predicted octanol–water partition coefficient (Wildman–Crippen LogP) is 2.12. The van der Waals surface area contributed by atoms with Gasteiger partial charge < -0.3 is 14.8 Å². The fourth-order valence-corrected chi connectivity index (χ4v) is 1.51. The molecule has 0 spiro atoms. The van der Waals surface area contributed by atoms with Crippen molar-refractivity contribution in [3.05, 3.63) is 0 Å². The quantitative estimate of drug-likeness (QED) is 0.473. The van der Waals surface area contributed by atoms with Crippen molar-refractivity contribution in [2.24, 2.45) is 0 Å². The summed E-state index contributed by atoms with van der Waals surface area (Å²) in [5.41, 5.74) is -0.628. The third kappa shape index (κ3) is 6.64. The smallest absolute Gasteiger partial charge is 0.325 e. The lowest BCUT2D eigenvalue weighted by molar-refractivity contribution is -0.148. The van der Waals surface area contributed by atoms with Gasteiger partial charge in [0.1, 0.15) is 5.54 Å². The number of esters is 1. The maximum absolute atomic E-state index is 11.7. The van der Waals surface area contributed by atoms with Gasteiger partial charge in [-0.3, -0.25) is 4.79 Å². The first-order valence-corrected chi connectivity index (χ1v) is 6.52. The molecule has 1 unspecified atom stereocenters. The van der Waals surface area contributed by atoms with E-state index in [-0.39, 0.29) is 5.97 Å². The summed E-state index contributed by atoms with van der Waals surface area (Å²) >= 11 is 0. The summed E-state index contributed by atoms with van der Waals surface area (Å²) < 4.78 is 10.3. The Labute approximate surface area is 105 Å². The Morgan fingerprint density at radius 2 is 1.94 bits per heavy atom. The van der Waals surface area contributed by atoms with Crippen LogP contribution in [0.5, 0.6) is 0 Å². The highest BCUT2D eigenvalue weighted by molar-refractivity contribution is 5.80. The Morgan fingerprint density at radius 3 is 2.47 bits per heavy atom. The fraction of sp³-hybridized carbons (Fsp3) is 0.923. The maximum atomic E-state index is 11.7. The lowest BCUT2D eigenvalue weighted by atomic mass is 9.98. The third-order valence-corrected chi connectivity index (χ3v) is 2.79. The number of rotatable bonds is 10.